The van der Waals surface area contributed by atoms with Gasteiger partial charge in [-0.15, -0.1) is 0 Å². The van der Waals surface area contributed by atoms with Crippen molar-refractivity contribution in [2.24, 2.45) is 0 Å². The van der Waals surface area contributed by atoms with E-state index in [4.69, 9.17) is 0 Å². The summed E-state index contributed by atoms with van der Waals surface area (Å²) < 4.78 is 3.54. The Morgan fingerprint density at radius 3 is 3.07 bits per heavy atom. The Bertz CT molecular complexity index is 297. The van der Waals surface area contributed by atoms with E-state index in [1.54, 1.807) is 0 Å². The van der Waals surface area contributed by atoms with E-state index >= 15 is 0 Å². The van der Waals surface area contributed by atoms with Crippen LogP contribution in [0.5, 0.6) is 0 Å². The molecule has 2 rings (SSSR count). The first-order valence-corrected chi connectivity index (χ1v) is 5.30. The predicted octanol–water partition coefficient (Wildman–Crippen LogP) is 0.0137. The van der Waals surface area contributed by atoms with E-state index in [0.717, 1.165) is 18.1 Å². The molecule has 1 saturated carbocycles. The van der Waals surface area contributed by atoms with Crippen LogP contribution in [-0.4, -0.2) is 33.3 Å². The average molecular weight is 213 g/mol. The fourth-order valence-corrected chi connectivity index (χ4v) is 1.42. The van der Waals surface area contributed by atoms with Crippen molar-refractivity contribution in [2.75, 3.05) is 11.9 Å². The van der Waals surface area contributed by atoms with Gasteiger partial charge in [-0.2, -0.15) is 0 Å². The topological polar surface area (TPSA) is 79.8 Å². The van der Waals surface area contributed by atoms with Gasteiger partial charge in [-0.1, -0.05) is 9.59 Å². The summed E-state index contributed by atoms with van der Waals surface area (Å²) in [5, 5.41) is 13.3. The van der Waals surface area contributed by atoms with Crippen LogP contribution in [-0.2, 0) is 4.79 Å². The first kappa shape index (κ1) is 9.47. The first-order chi connectivity index (χ1) is 6.84. The summed E-state index contributed by atoms with van der Waals surface area (Å²) in [6.45, 7) is 0.725. The van der Waals surface area contributed by atoms with E-state index in [9.17, 15) is 4.79 Å². The summed E-state index contributed by atoms with van der Waals surface area (Å²) in [5.74, 6) is -0.0447. The normalized spacial score (nSPS) is 15.4. The van der Waals surface area contributed by atoms with Crippen molar-refractivity contribution in [1.82, 2.24) is 20.1 Å². The average Bonchev–Trinajstić information content (AvgIpc) is 2.83. The number of nitrogens with zero attached hydrogens (tertiary/aromatic N) is 3. The van der Waals surface area contributed by atoms with E-state index < -0.39 is 0 Å². The standard InChI is InChI=1S/C7H11N5OS/c13-6(3-4-8-5-1-2-5)9-7-10-11-12-14-7/h5,8H,1-4H2,(H,9,10,12,13). The molecule has 1 aliphatic carbocycles. The van der Waals surface area contributed by atoms with Crippen LogP contribution in [0.4, 0.5) is 5.13 Å². The highest BCUT2D eigenvalue weighted by Gasteiger charge is 2.20. The number of aromatic nitrogens is 3. The zero-order chi connectivity index (χ0) is 9.80. The van der Waals surface area contributed by atoms with Crippen LogP contribution in [0.25, 0.3) is 0 Å². The second-order valence-corrected chi connectivity index (χ2v) is 3.93. The van der Waals surface area contributed by atoms with Crippen molar-refractivity contribution in [1.29, 1.82) is 0 Å². The van der Waals surface area contributed by atoms with E-state index in [1.165, 1.54) is 12.8 Å². The zero-order valence-electron chi connectivity index (χ0n) is 7.56. The molecular weight excluding hydrogens is 202 g/mol. The lowest BCUT2D eigenvalue weighted by molar-refractivity contribution is -0.116. The minimum atomic E-state index is -0.0447. The van der Waals surface area contributed by atoms with E-state index in [-0.39, 0.29) is 5.91 Å². The molecule has 1 aromatic rings. The van der Waals surface area contributed by atoms with Crippen molar-refractivity contribution in [2.45, 2.75) is 25.3 Å². The summed E-state index contributed by atoms with van der Waals surface area (Å²) in [7, 11) is 0. The molecule has 1 heterocycles. The molecule has 0 bridgehead atoms. The Hall–Kier alpha value is -1.08. The minimum absolute atomic E-state index is 0.0447. The van der Waals surface area contributed by atoms with Crippen LogP contribution in [0, 0.1) is 0 Å². The third-order valence-electron chi connectivity index (χ3n) is 1.91. The summed E-state index contributed by atoms with van der Waals surface area (Å²) in [6.07, 6.45) is 2.94. The SMILES string of the molecule is O=C(CCNC1CC1)Nc1nnns1. The molecule has 6 nitrogen and oxygen atoms in total. The van der Waals surface area contributed by atoms with Crippen LogP contribution in [0.15, 0.2) is 0 Å². The molecule has 0 saturated heterocycles. The quantitative estimate of drug-likeness (QED) is 0.720. The first-order valence-electron chi connectivity index (χ1n) is 4.53. The van der Waals surface area contributed by atoms with Gasteiger partial charge in [-0.05, 0) is 18.1 Å². The van der Waals surface area contributed by atoms with Gasteiger partial charge in [0.05, 0.1) is 0 Å². The zero-order valence-corrected chi connectivity index (χ0v) is 8.38. The number of nitrogens with one attached hydrogen (secondary N) is 2. The molecule has 0 spiro atoms. The van der Waals surface area contributed by atoms with Crippen LogP contribution in [0.1, 0.15) is 19.3 Å². The molecule has 1 fully saturated rings. The number of hydrogen-bond acceptors (Lipinski definition) is 6. The third-order valence-corrected chi connectivity index (χ3v) is 2.42. The number of rotatable bonds is 5. The smallest absolute Gasteiger partial charge is 0.231 e. The van der Waals surface area contributed by atoms with Crippen LogP contribution >= 0.6 is 11.5 Å². The molecule has 1 aromatic heterocycles. The number of carbonyl (C=O) groups is 1. The van der Waals surface area contributed by atoms with Crippen molar-refractivity contribution < 1.29 is 4.79 Å². The second kappa shape index (κ2) is 4.43. The fourth-order valence-electron chi connectivity index (χ4n) is 1.04. The molecule has 0 radical (unpaired) electrons. The van der Waals surface area contributed by atoms with Gasteiger partial charge >= 0.3 is 0 Å². The highest BCUT2D eigenvalue weighted by Crippen LogP contribution is 2.18. The van der Waals surface area contributed by atoms with Crippen LogP contribution in [0.2, 0.25) is 0 Å². The van der Waals surface area contributed by atoms with Gasteiger partial charge < -0.3 is 5.32 Å². The minimum Gasteiger partial charge on any atom is -0.313 e. The Morgan fingerprint density at radius 1 is 1.57 bits per heavy atom. The van der Waals surface area contributed by atoms with Gasteiger partial charge in [-0.3, -0.25) is 10.1 Å². The van der Waals surface area contributed by atoms with Gasteiger partial charge in [0.25, 0.3) is 0 Å². The van der Waals surface area contributed by atoms with Gasteiger partial charge in [0, 0.05) is 30.5 Å². The van der Waals surface area contributed by atoms with Crippen molar-refractivity contribution >= 4 is 22.6 Å². The number of hydrogen-bond donors (Lipinski definition) is 2. The van der Waals surface area contributed by atoms with E-state index in [2.05, 4.69) is 25.4 Å². The molecule has 76 valence electrons. The molecular formula is C7H11N5OS. The Labute approximate surface area is 85.3 Å². The highest BCUT2D eigenvalue weighted by molar-refractivity contribution is 7.09. The second-order valence-electron chi connectivity index (χ2n) is 3.19. The van der Waals surface area contributed by atoms with Gasteiger partial charge in [-0.25, -0.2) is 0 Å². The summed E-state index contributed by atoms with van der Waals surface area (Å²) in [4.78, 5) is 11.3. The molecule has 0 atom stereocenters. The van der Waals surface area contributed by atoms with Gasteiger partial charge in [0.1, 0.15) is 0 Å². The number of amides is 1. The Balaban J connectivity index is 1.62. The van der Waals surface area contributed by atoms with Crippen molar-refractivity contribution in [3.63, 3.8) is 0 Å². The summed E-state index contributed by atoms with van der Waals surface area (Å²) >= 11 is 1.08. The molecule has 7 heteroatoms. The lowest BCUT2D eigenvalue weighted by Crippen LogP contribution is -2.23. The van der Waals surface area contributed by atoms with Crippen molar-refractivity contribution in [3.05, 3.63) is 0 Å². The Morgan fingerprint density at radius 2 is 2.43 bits per heavy atom. The fraction of sp³-hybridized carbons (Fsp3) is 0.714. The third kappa shape index (κ3) is 3.00. The van der Waals surface area contributed by atoms with E-state index in [0.29, 0.717) is 17.6 Å². The summed E-state index contributed by atoms with van der Waals surface area (Å²) in [5.41, 5.74) is 0. The Kier molecular flexibility index (Phi) is 3.00. The van der Waals surface area contributed by atoms with Crippen molar-refractivity contribution in [3.8, 4) is 0 Å². The molecule has 0 aliphatic heterocycles. The van der Waals surface area contributed by atoms with Crippen LogP contribution in [0.3, 0.4) is 0 Å². The maximum absolute atomic E-state index is 11.3. The number of anilines is 1. The predicted molar refractivity (Wildman–Crippen MR) is 52.0 cm³/mol. The highest BCUT2D eigenvalue weighted by atomic mass is 32.1. The lowest BCUT2D eigenvalue weighted by atomic mass is 10.4. The monoisotopic (exact) mass is 213 g/mol. The number of carbonyl (C=O) groups excluding carboxylic acids is 1. The molecule has 0 aromatic carbocycles. The maximum atomic E-state index is 11.3. The van der Waals surface area contributed by atoms with Gasteiger partial charge in [0.2, 0.25) is 11.0 Å². The van der Waals surface area contributed by atoms with Gasteiger partial charge in [0.15, 0.2) is 0 Å². The largest absolute Gasteiger partial charge is 0.313 e. The summed E-state index contributed by atoms with van der Waals surface area (Å²) in [6, 6.07) is 0.644. The maximum Gasteiger partial charge on any atom is 0.231 e. The molecule has 1 amide bonds. The van der Waals surface area contributed by atoms with Crippen LogP contribution < -0.4 is 10.6 Å². The molecule has 14 heavy (non-hydrogen) atoms. The molecule has 2 N–H and O–H groups in total. The van der Waals surface area contributed by atoms with E-state index in [1.807, 2.05) is 0 Å². The molecule has 1 aliphatic rings. The lowest BCUT2D eigenvalue weighted by Gasteiger charge is -2.01. The molecule has 0 unspecified atom stereocenters.